The highest BCUT2D eigenvalue weighted by Crippen LogP contribution is 2.45. The molecule has 498 valence electrons. The van der Waals surface area contributed by atoms with Crippen LogP contribution in [0.15, 0.2) is 0 Å². The summed E-state index contributed by atoms with van der Waals surface area (Å²) in [6.07, 6.45) is 35.0. The van der Waals surface area contributed by atoms with Crippen molar-refractivity contribution in [3.63, 3.8) is 0 Å². The van der Waals surface area contributed by atoms with Crippen molar-refractivity contribution >= 4 is 39.5 Å². The fourth-order valence-corrected chi connectivity index (χ4v) is 11.2. The van der Waals surface area contributed by atoms with Gasteiger partial charge < -0.3 is 33.8 Å². The Morgan fingerprint density at radius 1 is 0.333 bits per heavy atom. The summed E-state index contributed by atoms with van der Waals surface area (Å²) in [6, 6.07) is 0. The zero-order valence-electron chi connectivity index (χ0n) is 54.5. The smallest absolute Gasteiger partial charge is 0.462 e. The molecule has 0 amide bonds. The summed E-state index contributed by atoms with van der Waals surface area (Å²) in [4.78, 5) is 72.2. The minimum Gasteiger partial charge on any atom is -0.462 e. The molecule has 0 bridgehead atoms. The minimum atomic E-state index is -4.95. The Labute approximate surface area is 511 Å². The molecule has 17 nitrogen and oxygen atoms in total. The number of phosphoric acid groups is 2. The van der Waals surface area contributed by atoms with Crippen LogP contribution in [0.4, 0.5) is 0 Å². The van der Waals surface area contributed by atoms with Crippen LogP contribution in [0.1, 0.15) is 312 Å². The molecule has 0 aliphatic carbocycles. The lowest BCUT2D eigenvalue weighted by Gasteiger charge is -2.21. The van der Waals surface area contributed by atoms with E-state index in [-0.39, 0.29) is 25.7 Å². The van der Waals surface area contributed by atoms with E-state index in [1.54, 1.807) is 0 Å². The quantitative estimate of drug-likeness (QED) is 0.0222. The maximum atomic E-state index is 13.0. The number of hydrogen-bond donors (Lipinski definition) is 3. The Morgan fingerprint density at radius 3 is 0.845 bits per heavy atom. The highest BCUT2D eigenvalue weighted by Gasteiger charge is 2.30. The van der Waals surface area contributed by atoms with Crippen LogP contribution in [0.2, 0.25) is 0 Å². The molecule has 0 aromatic heterocycles. The van der Waals surface area contributed by atoms with Crippen molar-refractivity contribution < 1.29 is 80.2 Å². The van der Waals surface area contributed by atoms with Crippen LogP contribution in [0, 0.1) is 23.7 Å². The van der Waals surface area contributed by atoms with Crippen molar-refractivity contribution in [2.45, 2.75) is 331 Å². The van der Waals surface area contributed by atoms with Crippen LogP contribution in [-0.4, -0.2) is 96.7 Å². The summed E-state index contributed by atoms with van der Waals surface area (Å²) in [5.74, 6) is 0.762. The first kappa shape index (κ1) is 82.1. The summed E-state index contributed by atoms with van der Waals surface area (Å²) in [6.45, 7) is 13.9. The molecule has 0 aliphatic heterocycles. The number of ether oxygens (including phenoxy) is 4. The third-order valence-electron chi connectivity index (χ3n) is 15.2. The van der Waals surface area contributed by atoms with Gasteiger partial charge in [0.05, 0.1) is 26.4 Å². The number of phosphoric ester groups is 2. The molecule has 19 heteroatoms. The summed E-state index contributed by atoms with van der Waals surface area (Å²) in [7, 11) is -9.89. The molecule has 0 heterocycles. The van der Waals surface area contributed by atoms with E-state index in [2.05, 4.69) is 55.4 Å². The average molecular weight is 1240 g/mol. The van der Waals surface area contributed by atoms with Gasteiger partial charge in [-0.1, -0.05) is 261 Å². The number of aliphatic hydroxyl groups excluding tert-OH is 1. The van der Waals surface area contributed by atoms with E-state index in [1.165, 1.54) is 109 Å². The van der Waals surface area contributed by atoms with Crippen LogP contribution in [-0.2, 0) is 65.4 Å². The van der Waals surface area contributed by atoms with Crippen molar-refractivity contribution in [2.24, 2.45) is 23.7 Å². The van der Waals surface area contributed by atoms with Crippen molar-refractivity contribution in [3.05, 3.63) is 0 Å². The second kappa shape index (κ2) is 55.2. The van der Waals surface area contributed by atoms with E-state index in [0.29, 0.717) is 37.5 Å². The first-order valence-electron chi connectivity index (χ1n) is 33.7. The van der Waals surface area contributed by atoms with Gasteiger partial charge in [-0.05, 0) is 49.4 Å². The fourth-order valence-electron chi connectivity index (χ4n) is 9.57. The number of aliphatic hydroxyl groups is 1. The largest absolute Gasteiger partial charge is 0.472 e. The zero-order chi connectivity index (χ0) is 62.5. The lowest BCUT2D eigenvalue weighted by molar-refractivity contribution is -0.161. The second-order valence-electron chi connectivity index (χ2n) is 25.2. The number of carbonyl (C=O) groups excluding carboxylic acids is 4. The van der Waals surface area contributed by atoms with Crippen LogP contribution in [0.3, 0.4) is 0 Å². The van der Waals surface area contributed by atoms with Crippen LogP contribution in [0.5, 0.6) is 0 Å². The van der Waals surface area contributed by atoms with E-state index >= 15 is 0 Å². The summed E-state index contributed by atoms with van der Waals surface area (Å²) in [5, 5.41) is 10.5. The zero-order valence-corrected chi connectivity index (χ0v) is 56.3. The van der Waals surface area contributed by atoms with Gasteiger partial charge in [-0.2, -0.15) is 0 Å². The molecule has 0 aromatic rings. The second-order valence-corrected chi connectivity index (χ2v) is 28.1. The molecule has 0 radical (unpaired) electrons. The summed E-state index contributed by atoms with van der Waals surface area (Å²) in [5.41, 5.74) is 0. The molecule has 0 saturated carbocycles. The van der Waals surface area contributed by atoms with Gasteiger partial charge in [0.25, 0.3) is 0 Å². The van der Waals surface area contributed by atoms with Crippen molar-refractivity contribution in [1.29, 1.82) is 0 Å². The first-order valence-corrected chi connectivity index (χ1v) is 36.7. The van der Waals surface area contributed by atoms with Crippen LogP contribution < -0.4 is 0 Å². The van der Waals surface area contributed by atoms with Crippen LogP contribution in [0.25, 0.3) is 0 Å². The fraction of sp³-hybridized carbons (Fsp3) is 0.938. The monoisotopic (exact) mass is 1240 g/mol. The number of rotatable bonds is 62. The van der Waals surface area contributed by atoms with Gasteiger partial charge in [0.2, 0.25) is 0 Å². The number of carbonyl (C=O) groups is 4. The lowest BCUT2D eigenvalue weighted by Crippen LogP contribution is -2.30. The van der Waals surface area contributed by atoms with Gasteiger partial charge in [0.1, 0.15) is 19.3 Å². The molecule has 0 saturated heterocycles. The van der Waals surface area contributed by atoms with Crippen molar-refractivity contribution in [3.8, 4) is 0 Å². The van der Waals surface area contributed by atoms with E-state index in [4.69, 9.17) is 37.0 Å². The number of unbranched alkanes of at least 4 members (excludes halogenated alkanes) is 27. The lowest BCUT2D eigenvalue weighted by atomic mass is 9.99. The number of hydrogen-bond acceptors (Lipinski definition) is 15. The molecule has 4 unspecified atom stereocenters. The first-order chi connectivity index (χ1) is 40.1. The van der Waals surface area contributed by atoms with Crippen molar-refractivity contribution in [1.82, 2.24) is 0 Å². The Kier molecular flexibility index (Phi) is 53.9. The minimum absolute atomic E-state index is 0.101. The van der Waals surface area contributed by atoms with Gasteiger partial charge >= 0.3 is 39.5 Å². The van der Waals surface area contributed by atoms with E-state index in [1.807, 2.05) is 0 Å². The Bertz CT molecular complexity index is 1680. The maximum absolute atomic E-state index is 13.0. The van der Waals surface area contributed by atoms with E-state index < -0.39 is 97.5 Å². The predicted molar refractivity (Wildman–Crippen MR) is 335 cm³/mol. The molecule has 3 N–H and O–H groups in total. The summed E-state index contributed by atoms with van der Waals surface area (Å²) < 4.78 is 68.0. The Balaban J connectivity index is 5.24. The van der Waals surface area contributed by atoms with Gasteiger partial charge in [0, 0.05) is 25.7 Å². The highest BCUT2D eigenvalue weighted by molar-refractivity contribution is 7.47. The van der Waals surface area contributed by atoms with E-state index in [0.717, 1.165) is 108 Å². The molecule has 6 atom stereocenters. The predicted octanol–water partition coefficient (Wildman–Crippen LogP) is 17.8. The third-order valence-corrected chi connectivity index (χ3v) is 17.1. The Morgan fingerprint density at radius 2 is 0.571 bits per heavy atom. The van der Waals surface area contributed by atoms with Gasteiger partial charge in [-0.25, -0.2) is 9.13 Å². The topological polar surface area (TPSA) is 237 Å². The molecule has 0 aromatic carbocycles. The van der Waals surface area contributed by atoms with Crippen LogP contribution >= 0.6 is 15.6 Å². The van der Waals surface area contributed by atoms with Gasteiger partial charge in [0.15, 0.2) is 12.2 Å². The average Bonchev–Trinajstić information content (AvgIpc) is 3.45. The molecule has 0 aliphatic rings. The Hall–Kier alpha value is -1.94. The SMILES string of the molecule is CCC(C)CCCCCCCCCCC(=O)OC[C@H](COP(=O)(O)OCC(O)COP(=O)(O)OC[C@@H](COC(=O)CCCCCCCCCC(C)C)OC(=O)CCCCCCCCCCCCC(C)C)OC(=O)CCCCCCCCC(C)C. The molecule has 0 spiro atoms. The summed E-state index contributed by atoms with van der Waals surface area (Å²) >= 11 is 0. The molecular weight excluding hydrogens is 1110 g/mol. The van der Waals surface area contributed by atoms with Gasteiger partial charge in [-0.3, -0.25) is 37.3 Å². The van der Waals surface area contributed by atoms with Gasteiger partial charge in [-0.15, -0.1) is 0 Å². The molecule has 84 heavy (non-hydrogen) atoms. The standard InChI is InChI=1S/C65H126O17P2/c1-9-58(8)44-36-28-19-14-15-20-29-37-45-62(67)75-52-61(82-65(70)48-40-32-24-23-27-35-43-57(6)7)54-80-84(73,74)78-50-59(66)49-77-83(71,72)79-53-60(51-76-63(68)46-38-30-22-16-18-26-34-42-56(4)5)81-64(69)47-39-31-21-13-11-10-12-17-25-33-41-55(2)3/h55-61,66H,9-54H2,1-8H3,(H,71,72)(H,73,74)/t58?,59?,60-,61-/m1/s1. The van der Waals surface area contributed by atoms with E-state index in [9.17, 15) is 43.2 Å². The molecular formula is C65H126O17P2. The number of esters is 4. The van der Waals surface area contributed by atoms with Crippen molar-refractivity contribution in [2.75, 3.05) is 39.6 Å². The third kappa shape index (κ3) is 57.8. The normalized spacial score (nSPS) is 14.7. The highest BCUT2D eigenvalue weighted by atomic mass is 31.2. The molecule has 0 fully saturated rings. The molecule has 0 rings (SSSR count). The maximum Gasteiger partial charge on any atom is 0.472 e.